The molecular formula is C21H28N4O2. The summed E-state index contributed by atoms with van der Waals surface area (Å²) in [7, 11) is 3.40. The maximum Gasteiger partial charge on any atom is 0.251 e. The van der Waals surface area contributed by atoms with E-state index in [-0.39, 0.29) is 5.91 Å². The van der Waals surface area contributed by atoms with Gasteiger partial charge >= 0.3 is 0 Å². The van der Waals surface area contributed by atoms with E-state index in [1.165, 1.54) is 0 Å². The second kappa shape index (κ2) is 10.9. The lowest BCUT2D eigenvalue weighted by Gasteiger charge is -2.13. The molecule has 3 N–H and O–H groups in total. The molecule has 6 nitrogen and oxygen atoms in total. The fourth-order valence-corrected chi connectivity index (χ4v) is 2.69. The Hall–Kier alpha value is -3.02. The lowest BCUT2D eigenvalue weighted by molar-refractivity contribution is 0.0954. The van der Waals surface area contributed by atoms with E-state index in [4.69, 9.17) is 4.74 Å². The minimum absolute atomic E-state index is 0.0698. The van der Waals surface area contributed by atoms with E-state index in [0.717, 1.165) is 29.8 Å². The van der Waals surface area contributed by atoms with Crippen LogP contribution in [0.2, 0.25) is 0 Å². The molecule has 2 rings (SSSR count). The average molecular weight is 368 g/mol. The third kappa shape index (κ3) is 6.66. The third-order valence-electron chi connectivity index (χ3n) is 4.09. The summed E-state index contributed by atoms with van der Waals surface area (Å²) in [6.45, 7) is 3.81. The number of nitrogens with one attached hydrogen (secondary N) is 3. The predicted octanol–water partition coefficient (Wildman–Crippen LogP) is 2.14. The first-order valence-electron chi connectivity index (χ1n) is 9.05. The number of carbonyl (C=O) groups excluding carboxylic acids is 1. The molecule has 0 unspecified atom stereocenters. The molecule has 2 aromatic rings. The molecule has 0 aliphatic rings. The van der Waals surface area contributed by atoms with Gasteiger partial charge in [0.25, 0.3) is 5.91 Å². The Morgan fingerprint density at radius 3 is 2.48 bits per heavy atom. The number of benzene rings is 2. The van der Waals surface area contributed by atoms with Gasteiger partial charge in [-0.25, -0.2) is 0 Å². The van der Waals surface area contributed by atoms with Crippen LogP contribution in [0.1, 0.15) is 21.5 Å². The molecule has 0 spiro atoms. The highest BCUT2D eigenvalue weighted by Gasteiger charge is 2.05. The quantitative estimate of drug-likeness (QED) is 0.379. The molecule has 2 aromatic carbocycles. The summed E-state index contributed by atoms with van der Waals surface area (Å²) in [5.41, 5.74) is 2.89. The van der Waals surface area contributed by atoms with E-state index in [2.05, 4.69) is 27.0 Å². The van der Waals surface area contributed by atoms with Crippen molar-refractivity contribution in [3.63, 3.8) is 0 Å². The second-order valence-corrected chi connectivity index (χ2v) is 6.11. The number of aliphatic imine (C=N–C) groups is 1. The molecule has 144 valence electrons. The van der Waals surface area contributed by atoms with Crippen LogP contribution >= 0.6 is 0 Å². The molecule has 0 radical (unpaired) electrons. The first-order valence-corrected chi connectivity index (χ1v) is 9.05. The van der Waals surface area contributed by atoms with Crippen molar-refractivity contribution < 1.29 is 9.53 Å². The number of methoxy groups -OCH3 is 1. The van der Waals surface area contributed by atoms with Gasteiger partial charge in [0.15, 0.2) is 5.96 Å². The molecule has 0 aromatic heterocycles. The smallest absolute Gasteiger partial charge is 0.251 e. The second-order valence-electron chi connectivity index (χ2n) is 6.11. The summed E-state index contributed by atoms with van der Waals surface area (Å²) in [4.78, 5) is 16.3. The molecule has 0 aliphatic carbocycles. The maximum absolute atomic E-state index is 12.1. The van der Waals surface area contributed by atoms with E-state index < -0.39 is 0 Å². The fraction of sp³-hybridized carbons (Fsp3) is 0.333. The zero-order valence-corrected chi connectivity index (χ0v) is 16.2. The number of rotatable bonds is 8. The van der Waals surface area contributed by atoms with Crippen LogP contribution in [0, 0.1) is 6.92 Å². The SMILES string of the molecule is CN=C(NCCNC(=O)c1cccc(C)c1)NCCc1ccccc1OC. The molecule has 0 atom stereocenters. The van der Waals surface area contributed by atoms with Gasteiger partial charge in [0, 0.05) is 32.2 Å². The fourth-order valence-electron chi connectivity index (χ4n) is 2.69. The van der Waals surface area contributed by atoms with Gasteiger partial charge in [0.1, 0.15) is 5.75 Å². The molecule has 6 heteroatoms. The predicted molar refractivity (Wildman–Crippen MR) is 110 cm³/mol. The number of nitrogens with zero attached hydrogens (tertiary/aromatic N) is 1. The summed E-state index contributed by atoms with van der Waals surface area (Å²) < 4.78 is 5.36. The minimum Gasteiger partial charge on any atom is -0.496 e. The lowest BCUT2D eigenvalue weighted by atomic mass is 10.1. The first-order chi connectivity index (χ1) is 13.1. The molecule has 1 amide bonds. The van der Waals surface area contributed by atoms with E-state index in [9.17, 15) is 4.79 Å². The number of carbonyl (C=O) groups is 1. The monoisotopic (exact) mass is 368 g/mol. The Morgan fingerprint density at radius 2 is 1.74 bits per heavy atom. The highest BCUT2D eigenvalue weighted by Crippen LogP contribution is 2.17. The van der Waals surface area contributed by atoms with E-state index in [1.807, 2.05) is 49.4 Å². The average Bonchev–Trinajstić information content (AvgIpc) is 2.69. The van der Waals surface area contributed by atoms with E-state index >= 15 is 0 Å². The highest BCUT2D eigenvalue weighted by molar-refractivity contribution is 5.94. The van der Waals surface area contributed by atoms with Gasteiger partial charge in [-0.2, -0.15) is 0 Å². The Kier molecular flexibility index (Phi) is 8.16. The maximum atomic E-state index is 12.1. The molecule has 0 bridgehead atoms. The van der Waals surface area contributed by atoms with Crippen molar-refractivity contribution in [2.24, 2.45) is 4.99 Å². The van der Waals surface area contributed by atoms with Crippen molar-refractivity contribution in [3.05, 3.63) is 65.2 Å². The van der Waals surface area contributed by atoms with Crippen molar-refractivity contribution in [2.75, 3.05) is 33.8 Å². The summed E-state index contributed by atoms with van der Waals surface area (Å²) >= 11 is 0. The molecule has 0 saturated carbocycles. The van der Waals surface area contributed by atoms with Crippen molar-refractivity contribution in [1.82, 2.24) is 16.0 Å². The number of ether oxygens (including phenoxy) is 1. The topological polar surface area (TPSA) is 74.8 Å². The van der Waals surface area contributed by atoms with Crippen LogP contribution in [0.25, 0.3) is 0 Å². The zero-order valence-electron chi connectivity index (χ0n) is 16.2. The molecule has 0 saturated heterocycles. The first kappa shape index (κ1) is 20.3. The molecule has 27 heavy (non-hydrogen) atoms. The number of hydrogen-bond acceptors (Lipinski definition) is 3. The van der Waals surface area contributed by atoms with Crippen molar-refractivity contribution in [2.45, 2.75) is 13.3 Å². The lowest BCUT2D eigenvalue weighted by Crippen LogP contribution is -2.42. The van der Waals surface area contributed by atoms with Crippen molar-refractivity contribution in [3.8, 4) is 5.75 Å². The third-order valence-corrected chi connectivity index (χ3v) is 4.09. The van der Waals surface area contributed by atoms with Gasteiger partial charge < -0.3 is 20.7 Å². The van der Waals surface area contributed by atoms with Crippen LogP contribution < -0.4 is 20.7 Å². The van der Waals surface area contributed by atoms with Crippen LogP contribution in [0.15, 0.2) is 53.5 Å². The zero-order chi connectivity index (χ0) is 19.5. The Bertz CT molecular complexity index is 774. The van der Waals surface area contributed by atoms with Crippen LogP contribution in [0.5, 0.6) is 5.75 Å². The standard InChI is InChI=1S/C21H28N4O2/c1-16-7-6-9-18(15-16)20(26)23-13-14-25-21(22-2)24-12-11-17-8-4-5-10-19(17)27-3/h4-10,15H,11-14H2,1-3H3,(H,23,26)(H2,22,24,25). The van der Waals surface area contributed by atoms with Gasteiger partial charge in [0.05, 0.1) is 7.11 Å². The number of hydrogen-bond donors (Lipinski definition) is 3. The van der Waals surface area contributed by atoms with Crippen LogP contribution in [0.3, 0.4) is 0 Å². The Morgan fingerprint density at radius 1 is 1.00 bits per heavy atom. The van der Waals surface area contributed by atoms with Crippen molar-refractivity contribution in [1.29, 1.82) is 0 Å². The normalized spacial score (nSPS) is 11.0. The van der Waals surface area contributed by atoms with E-state index in [1.54, 1.807) is 14.2 Å². The number of para-hydroxylation sites is 1. The van der Waals surface area contributed by atoms with Gasteiger partial charge in [-0.1, -0.05) is 35.9 Å². The number of amides is 1. The summed E-state index contributed by atoms with van der Waals surface area (Å²) in [6.07, 6.45) is 0.828. The van der Waals surface area contributed by atoms with Crippen LogP contribution in [0.4, 0.5) is 0 Å². The molecule has 0 aliphatic heterocycles. The van der Waals surface area contributed by atoms with Gasteiger partial charge in [-0.05, 0) is 37.1 Å². The van der Waals surface area contributed by atoms with Gasteiger partial charge in [0.2, 0.25) is 0 Å². The highest BCUT2D eigenvalue weighted by atomic mass is 16.5. The van der Waals surface area contributed by atoms with Gasteiger partial charge in [-0.3, -0.25) is 9.79 Å². The van der Waals surface area contributed by atoms with Crippen molar-refractivity contribution >= 4 is 11.9 Å². The molecule has 0 heterocycles. The summed E-state index contributed by atoms with van der Waals surface area (Å²) in [6, 6.07) is 15.5. The minimum atomic E-state index is -0.0698. The van der Waals surface area contributed by atoms with Crippen LogP contribution in [-0.2, 0) is 6.42 Å². The Labute approximate surface area is 161 Å². The molecule has 0 fully saturated rings. The molecular weight excluding hydrogens is 340 g/mol. The Balaban J connectivity index is 1.69. The van der Waals surface area contributed by atoms with Crippen LogP contribution in [-0.4, -0.2) is 45.7 Å². The summed E-state index contributed by atoms with van der Waals surface area (Å²) in [5, 5.41) is 9.36. The largest absolute Gasteiger partial charge is 0.496 e. The van der Waals surface area contributed by atoms with Gasteiger partial charge in [-0.15, -0.1) is 0 Å². The number of aryl methyl sites for hydroxylation is 1. The van der Waals surface area contributed by atoms with E-state index in [0.29, 0.717) is 24.6 Å². The summed E-state index contributed by atoms with van der Waals surface area (Å²) in [5.74, 6) is 1.52. The number of guanidine groups is 1.